The van der Waals surface area contributed by atoms with E-state index in [2.05, 4.69) is 31.2 Å². The molecule has 0 aliphatic heterocycles. The van der Waals surface area contributed by atoms with Crippen molar-refractivity contribution in [3.05, 3.63) is 48.6 Å². The zero-order valence-corrected chi connectivity index (χ0v) is 14.4. The molecular weight excluding hydrogens is 288 g/mol. The van der Waals surface area contributed by atoms with Crippen molar-refractivity contribution >= 4 is 5.97 Å². The van der Waals surface area contributed by atoms with E-state index in [-0.39, 0.29) is 6.42 Å². The maximum absolute atomic E-state index is 10.3. The zero-order chi connectivity index (χ0) is 17.2. The molecule has 0 rings (SSSR count). The van der Waals surface area contributed by atoms with Gasteiger partial charge in [-0.15, -0.1) is 0 Å². The molecule has 2 N–H and O–H groups in total. The van der Waals surface area contributed by atoms with E-state index in [1.54, 1.807) is 12.2 Å². The Balaban J connectivity index is 3.58. The van der Waals surface area contributed by atoms with Crippen molar-refractivity contribution < 1.29 is 15.0 Å². The van der Waals surface area contributed by atoms with E-state index in [0.717, 1.165) is 12.8 Å². The molecule has 0 amide bonds. The third-order valence-corrected chi connectivity index (χ3v) is 3.28. The Labute approximate surface area is 141 Å². The van der Waals surface area contributed by atoms with Gasteiger partial charge >= 0.3 is 5.97 Å². The molecule has 0 aliphatic carbocycles. The van der Waals surface area contributed by atoms with Crippen LogP contribution in [0.1, 0.15) is 64.7 Å². The third kappa shape index (κ3) is 18.3. The minimum absolute atomic E-state index is 0.108. The number of unbranched alkanes of at least 4 members (excludes halogenated alkanes) is 3. The van der Waals surface area contributed by atoms with Gasteiger partial charge in [0.2, 0.25) is 0 Å². The predicted octanol–water partition coefficient (Wildman–Crippen LogP) is 5.19. The molecule has 0 aliphatic rings. The highest BCUT2D eigenvalue weighted by atomic mass is 16.4. The van der Waals surface area contributed by atoms with Crippen molar-refractivity contribution in [1.82, 2.24) is 0 Å². The number of aliphatic hydroxyl groups excluding tert-OH is 1. The lowest BCUT2D eigenvalue weighted by molar-refractivity contribution is -0.136. The highest BCUT2D eigenvalue weighted by molar-refractivity contribution is 5.66. The van der Waals surface area contributed by atoms with Crippen molar-refractivity contribution in [2.24, 2.45) is 0 Å². The number of rotatable bonds is 14. The van der Waals surface area contributed by atoms with Crippen LogP contribution in [-0.2, 0) is 4.79 Å². The summed E-state index contributed by atoms with van der Waals surface area (Å²) in [6.45, 7) is 2.22. The summed E-state index contributed by atoms with van der Waals surface area (Å²) in [4.78, 5) is 10.3. The minimum atomic E-state index is -0.813. The molecule has 0 saturated heterocycles. The van der Waals surface area contributed by atoms with Crippen LogP contribution in [0.4, 0.5) is 0 Å². The van der Waals surface area contributed by atoms with Crippen LogP contribution in [0.25, 0.3) is 0 Å². The molecule has 3 heteroatoms. The topological polar surface area (TPSA) is 57.5 Å². The molecule has 0 aromatic rings. The predicted molar refractivity (Wildman–Crippen MR) is 97.4 cm³/mol. The van der Waals surface area contributed by atoms with Gasteiger partial charge in [-0.25, -0.2) is 0 Å². The normalized spacial score (nSPS) is 13.8. The molecule has 0 bridgehead atoms. The van der Waals surface area contributed by atoms with Gasteiger partial charge in [-0.05, 0) is 38.5 Å². The monoisotopic (exact) mass is 320 g/mol. The zero-order valence-electron chi connectivity index (χ0n) is 14.4. The van der Waals surface area contributed by atoms with E-state index in [0.29, 0.717) is 12.8 Å². The maximum atomic E-state index is 10.3. The van der Waals surface area contributed by atoms with Crippen LogP contribution in [0.2, 0.25) is 0 Å². The molecule has 130 valence electrons. The molecule has 0 aromatic heterocycles. The first-order valence-corrected chi connectivity index (χ1v) is 8.68. The molecule has 0 spiro atoms. The number of carboxylic acids is 1. The van der Waals surface area contributed by atoms with Crippen LogP contribution in [0, 0.1) is 0 Å². The molecular formula is C20H32O3. The molecule has 3 nitrogen and oxygen atoms in total. The van der Waals surface area contributed by atoms with Crippen LogP contribution >= 0.6 is 0 Å². The molecule has 23 heavy (non-hydrogen) atoms. The van der Waals surface area contributed by atoms with Crippen LogP contribution in [-0.4, -0.2) is 22.3 Å². The van der Waals surface area contributed by atoms with Gasteiger partial charge < -0.3 is 10.2 Å². The number of aliphatic hydroxyl groups is 1. The maximum Gasteiger partial charge on any atom is 0.303 e. The Hall–Kier alpha value is -1.61. The van der Waals surface area contributed by atoms with Gasteiger partial charge in [0.1, 0.15) is 0 Å². The Kier molecular flexibility index (Phi) is 15.6. The molecule has 0 aromatic carbocycles. The number of hydrogen-bond acceptors (Lipinski definition) is 2. The van der Waals surface area contributed by atoms with E-state index in [9.17, 15) is 9.90 Å². The molecule has 0 radical (unpaired) electrons. The fourth-order valence-corrected chi connectivity index (χ4v) is 1.95. The second-order valence-electron chi connectivity index (χ2n) is 5.55. The van der Waals surface area contributed by atoms with Crippen molar-refractivity contribution in [2.75, 3.05) is 0 Å². The Morgan fingerprint density at radius 2 is 1.57 bits per heavy atom. The fraction of sp³-hybridized carbons (Fsp3) is 0.550. The third-order valence-electron chi connectivity index (χ3n) is 3.28. The highest BCUT2D eigenvalue weighted by Gasteiger charge is 1.96. The van der Waals surface area contributed by atoms with Gasteiger partial charge in [0.05, 0.1) is 6.10 Å². The van der Waals surface area contributed by atoms with Gasteiger partial charge in [-0.1, -0.05) is 68.4 Å². The van der Waals surface area contributed by atoms with Crippen LogP contribution < -0.4 is 0 Å². The lowest BCUT2D eigenvalue weighted by atomic mass is 10.2. The van der Waals surface area contributed by atoms with Crippen LogP contribution in [0.15, 0.2) is 48.6 Å². The quantitative estimate of drug-likeness (QED) is 0.342. The van der Waals surface area contributed by atoms with Gasteiger partial charge in [0, 0.05) is 6.42 Å². The van der Waals surface area contributed by atoms with Crippen LogP contribution in [0.5, 0.6) is 0 Å². The summed E-state index contributed by atoms with van der Waals surface area (Å²) < 4.78 is 0. The van der Waals surface area contributed by atoms with Crippen molar-refractivity contribution in [3.63, 3.8) is 0 Å². The van der Waals surface area contributed by atoms with Crippen molar-refractivity contribution in [3.8, 4) is 0 Å². The van der Waals surface area contributed by atoms with Crippen LogP contribution in [0.3, 0.4) is 0 Å². The first-order chi connectivity index (χ1) is 11.2. The second kappa shape index (κ2) is 16.8. The first kappa shape index (κ1) is 21.4. The second-order valence-corrected chi connectivity index (χ2v) is 5.55. The molecule has 1 unspecified atom stereocenters. The van der Waals surface area contributed by atoms with Gasteiger partial charge in [-0.3, -0.25) is 4.79 Å². The average molecular weight is 320 g/mol. The lowest BCUT2D eigenvalue weighted by Gasteiger charge is -1.99. The van der Waals surface area contributed by atoms with E-state index in [1.807, 2.05) is 12.2 Å². The molecule has 0 heterocycles. The Morgan fingerprint density at radius 3 is 2.22 bits per heavy atom. The number of allylic oxidation sites excluding steroid dienone is 6. The number of hydrogen-bond donors (Lipinski definition) is 2. The molecule has 0 saturated carbocycles. The summed E-state index contributed by atoms with van der Waals surface area (Å²) in [5.74, 6) is -0.813. The molecule has 1 atom stereocenters. The Bertz CT molecular complexity index is 392. The highest BCUT2D eigenvalue weighted by Crippen LogP contribution is 2.02. The summed E-state index contributed by atoms with van der Waals surface area (Å²) in [7, 11) is 0. The number of aliphatic carboxylic acids is 1. The fourth-order valence-electron chi connectivity index (χ4n) is 1.95. The summed E-state index contributed by atoms with van der Waals surface area (Å²) in [5, 5.41) is 18.1. The van der Waals surface area contributed by atoms with Gasteiger partial charge in [-0.2, -0.15) is 0 Å². The standard InChI is InChI=1S/C20H32O3/c1-2-3-4-5-6-7-8-9-10-11-12-13-16-19(21)17-14-15-18-20(22)23/h6-7,9-10,12-14,17,19,21H,2-5,8,11,15-16,18H2,1H3,(H,22,23)/b7-6-,10-9-,13-12-,17-14+. The smallest absolute Gasteiger partial charge is 0.303 e. The number of carboxylic acid groups (broad SMARTS) is 1. The average Bonchev–Trinajstić information content (AvgIpc) is 2.52. The summed E-state index contributed by atoms with van der Waals surface area (Å²) in [6, 6.07) is 0. The first-order valence-electron chi connectivity index (χ1n) is 8.68. The summed E-state index contributed by atoms with van der Waals surface area (Å²) in [5.41, 5.74) is 0. The van der Waals surface area contributed by atoms with E-state index in [1.165, 1.54) is 25.7 Å². The minimum Gasteiger partial charge on any atom is -0.481 e. The van der Waals surface area contributed by atoms with E-state index in [4.69, 9.17) is 5.11 Å². The summed E-state index contributed by atoms with van der Waals surface area (Å²) in [6.07, 6.45) is 23.6. The van der Waals surface area contributed by atoms with Crippen molar-refractivity contribution in [1.29, 1.82) is 0 Å². The van der Waals surface area contributed by atoms with E-state index < -0.39 is 12.1 Å². The summed E-state index contributed by atoms with van der Waals surface area (Å²) >= 11 is 0. The Morgan fingerprint density at radius 1 is 0.913 bits per heavy atom. The van der Waals surface area contributed by atoms with Crippen molar-refractivity contribution in [2.45, 2.75) is 70.8 Å². The van der Waals surface area contributed by atoms with Gasteiger partial charge in [0.15, 0.2) is 0 Å². The van der Waals surface area contributed by atoms with E-state index >= 15 is 0 Å². The van der Waals surface area contributed by atoms with Gasteiger partial charge in [0.25, 0.3) is 0 Å². The largest absolute Gasteiger partial charge is 0.481 e. The lowest BCUT2D eigenvalue weighted by Crippen LogP contribution is -1.99. The SMILES string of the molecule is CCCCC/C=C\C/C=C\C/C=C\CC(O)/C=C/CCC(=O)O. The molecule has 0 fully saturated rings. The number of carbonyl (C=O) groups is 1.